The second-order valence-electron chi connectivity index (χ2n) is 6.10. The maximum absolute atomic E-state index is 3.53. The van der Waals surface area contributed by atoms with Gasteiger partial charge in [0.25, 0.3) is 0 Å². The molecule has 0 aromatic heterocycles. The average Bonchev–Trinajstić information content (AvgIpc) is 2.77. The SMILES string of the molecule is c1ccc2c(c1)CCN(c1cccc3c1CNCC3)CC2. The Hall–Kier alpha value is -1.80. The molecular weight excluding hydrogens is 256 g/mol. The first-order valence-electron chi connectivity index (χ1n) is 8.05. The van der Waals surface area contributed by atoms with Gasteiger partial charge in [-0.3, -0.25) is 0 Å². The van der Waals surface area contributed by atoms with Crippen molar-refractivity contribution < 1.29 is 0 Å². The van der Waals surface area contributed by atoms with Crippen molar-refractivity contribution in [1.82, 2.24) is 5.32 Å². The van der Waals surface area contributed by atoms with Crippen molar-refractivity contribution in [1.29, 1.82) is 0 Å². The first kappa shape index (κ1) is 12.9. The molecule has 0 atom stereocenters. The van der Waals surface area contributed by atoms with Crippen LogP contribution in [0.5, 0.6) is 0 Å². The molecule has 4 rings (SSSR count). The maximum atomic E-state index is 3.53. The van der Waals surface area contributed by atoms with E-state index in [-0.39, 0.29) is 0 Å². The van der Waals surface area contributed by atoms with Gasteiger partial charge in [0.1, 0.15) is 0 Å². The molecule has 2 heteroatoms. The van der Waals surface area contributed by atoms with Gasteiger partial charge in [0.15, 0.2) is 0 Å². The standard InChI is InChI=1S/C19H22N2/c1-2-5-16-10-13-21(12-9-15(16)4-1)19-7-3-6-17-8-11-20-14-18(17)19/h1-7,20H,8-14H2. The molecular formula is C19H22N2. The molecule has 0 bridgehead atoms. The predicted octanol–water partition coefficient (Wildman–Crippen LogP) is 2.94. The van der Waals surface area contributed by atoms with E-state index in [9.17, 15) is 0 Å². The van der Waals surface area contributed by atoms with Crippen LogP contribution in [0.3, 0.4) is 0 Å². The van der Waals surface area contributed by atoms with Crippen LogP contribution >= 0.6 is 0 Å². The third-order valence-electron chi connectivity index (χ3n) is 4.88. The minimum atomic E-state index is 1.02. The van der Waals surface area contributed by atoms with Gasteiger partial charge >= 0.3 is 0 Å². The smallest absolute Gasteiger partial charge is 0.0414 e. The summed E-state index contributed by atoms with van der Waals surface area (Å²) in [5.41, 5.74) is 7.57. The molecule has 2 aromatic carbocycles. The van der Waals surface area contributed by atoms with E-state index in [0.29, 0.717) is 0 Å². The fourth-order valence-corrected chi connectivity index (χ4v) is 3.70. The van der Waals surface area contributed by atoms with Crippen LogP contribution in [-0.2, 0) is 25.8 Å². The monoisotopic (exact) mass is 278 g/mol. The van der Waals surface area contributed by atoms with Crippen molar-refractivity contribution >= 4 is 5.69 Å². The third-order valence-corrected chi connectivity index (χ3v) is 4.88. The van der Waals surface area contributed by atoms with Crippen LogP contribution in [-0.4, -0.2) is 19.6 Å². The van der Waals surface area contributed by atoms with Gasteiger partial charge in [-0.15, -0.1) is 0 Å². The highest BCUT2D eigenvalue weighted by Crippen LogP contribution is 2.28. The number of hydrogen-bond donors (Lipinski definition) is 1. The average molecular weight is 278 g/mol. The molecule has 0 saturated heterocycles. The molecule has 0 saturated carbocycles. The molecule has 2 aliphatic rings. The molecule has 0 unspecified atom stereocenters. The fraction of sp³-hybridized carbons (Fsp3) is 0.368. The van der Waals surface area contributed by atoms with E-state index in [1.165, 1.54) is 27.9 Å². The van der Waals surface area contributed by atoms with Gasteiger partial charge in [-0.1, -0.05) is 36.4 Å². The second-order valence-corrected chi connectivity index (χ2v) is 6.10. The lowest BCUT2D eigenvalue weighted by molar-refractivity contribution is 0.639. The summed E-state index contributed by atoms with van der Waals surface area (Å²) in [7, 11) is 0. The number of fused-ring (bicyclic) bond motifs is 2. The number of anilines is 1. The molecule has 108 valence electrons. The lowest BCUT2D eigenvalue weighted by Gasteiger charge is -2.29. The van der Waals surface area contributed by atoms with Gasteiger partial charge in [-0.2, -0.15) is 0 Å². The van der Waals surface area contributed by atoms with Crippen LogP contribution < -0.4 is 10.2 Å². The van der Waals surface area contributed by atoms with Crippen LogP contribution in [0.2, 0.25) is 0 Å². The number of nitrogens with zero attached hydrogens (tertiary/aromatic N) is 1. The summed E-state index contributed by atoms with van der Waals surface area (Å²) in [6, 6.07) is 15.8. The summed E-state index contributed by atoms with van der Waals surface area (Å²) < 4.78 is 0. The molecule has 1 N–H and O–H groups in total. The van der Waals surface area contributed by atoms with E-state index in [1.54, 1.807) is 0 Å². The molecule has 0 aliphatic carbocycles. The van der Waals surface area contributed by atoms with Gasteiger partial charge < -0.3 is 10.2 Å². The topological polar surface area (TPSA) is 15.3 Å². The summed E-state index contributed by atoms with van der Waals surface area (Å²) in [6.07, 6.45) is 3.48. The summed E-state index contributed by atoms with van der Waals surface area (Å²) in [5.74, 6) is 0. The summed E-state index contributed by atoms with van der Waals surface area (Å²) in [6.45, 7) is 4.40. The molecule has 2 nitrogen and oxygen atoms in total. The molecule has 21 heavy (non-hydrogen) atoms. The van der Waals surface area contributed by atoms with Gasteiger partial charge in [-0.25, -0.2) is 0 Å². The van der Waals surface area contributed by atoms with Gasteiger partial charge in [-0.05, 0) is 54.1 Å². The lowest BCUT2D eigenvalue weighted by atomic mass is 9.98. The molecule has 0 fully saturated rings. The highest BCUT2D eigenvalue weighted by molar-refractivity contribution is 5.58. The van der Waals surface area contributed by atoms with Gasteiger partial charge in [0.05, 0.1) is 0 Å². The molecule has 2 heterocycles. The predicted molar refractivity (Wildman–Crippen MR) is 87.9 cm³/mol. The first-order valence-corrected chi connectivity index (χ1v) is 8.05. The fourth-order valence-electron chi connectivity index (χ4n) is 3.70. The Morgan fingerprint density at radius 1 is 0.762 bits per heavy atom. The van der Waals surface area contributed by atoms with E-state index in [1.807, 2.05) is 0 Å². The van der Waals surface area contributed by atoms with Crippen LogP contribution in [0.25, 0.3) is 0 Å². The second kappa shape index (κ2) is 5.53. The zero-order valence-electron chi connectivity index (χ0n) is 12.4. The number of nitrogens with one attached hydrogen (secondary N) is 1. The number of rotatable bonds is 1. The lowest BCUT2D eigenvalue weighted by Crippen LogP contribution is -2.31. The van der Waals surface area contributed by atoms with Crippen LogP contribution in [0.4, 0.5) is 5.69 Å². The Balaban J connectivity index is 1.64. The Kier molecular flexibility index (Phi) is 3.40. The van der Waals surface area contributed by atoms with E-state index >= 15 is 0 Å². The van der Waals surface area contributed by atoms with Gasteiger partial charge in [0, 0.05) is 25.3 Å². The Morgan fingerprint density at radius 2 is 1.48 bits per heavy atom. The van der Waals surface area contributed by atoms with Crippen molar-refractivity contribution in [3.8, 4) is 0 Å². The molecule has 2 aromatic rings. The summed E-state index contributed by atoms with van der Waals surface area (Å²) in [4.78, 5) is 2.59. The molecule has 2 aliphatic heterocycles. The Labute approximate surface area is 126 Å². The minimum Gasteiger partial charge on any atom is -0.371 e. The van der Waals surface area contributed by atoms with Crippen LogP contribution in [0.1, 0.15) is 22.3 Å². The van der Waals surface area contributed by atoms with Crippen molar-refractivity contribution in [2.45, 2.75) is 25.8 Å². The maximum Gasteiger partial charge on any atom is 0.0414 e. The summed E-state index contributed by atoms with van der Waals surface area (Å²) in [5, 5.41) is 3.53. The largest absolute Gasteiger partial charge is 0.371 e. The van der Waals surface area contributed by atoms with Crippen molar-refractivity contribution in [3.63, 3.8) is 0 Å². The van der Waals surface area contributed by atoms with Crippen molar-refractivity contribution in [2.24, 2.45) is 0 Å². The first-order chi connectivity index (χ1) is 10.4. The number of hydrogen-bond acceptors (Lipinski definition) is 2. The Bertz CT molecular complexity index is 621. The minimum absolute atomic E-state index is 1.02. The van der Waals surface area contributed by atoms with Crippen LogP contribution in [0.15, 0.2) is 42.5 Å². The normalized spacial score (nSPS) is 17.8. The Morgan fingerprint density at radius 3 is 2.24 bits per heavy atom. The molecule has 0 spiro atoms. The van der Waals surface area contributed by atoms with E-state index in [0.717, 1.165) is 45.4 Å². The zero-order chi connectivity index (χ0) is 14.1. The van der Waals surface area contributed by atoms with E-state index in [4.69, 9.17) is 0 Å². The van der Waals surface area contributed by atoms with Crippen molar-refractivity contribution in [3.05, 3.63) is 64.7 Å². The van der Waals surface area contributed by atoms with E-state index in [2.05, 4.69) is 52.7 Å². The van der Waals surface area contributed by atoms with Crippen molar-refractivity contribution in [2.75, 3.05) is 24.5 Å². The highest BCUT2D eigenvalue weighted by atomic mass is 15.1. The summed E-state index contributed by atoms with van der Waals surface area (Å²) >= 11 is 0. The quantitative estimate of drug-likeness (QED) is 0.863. The number of benzene rings is 2. The highest BCUT2D eigenvalue weighted by Gasteiger charge is 2.19. The third kappa shape index (κ3) is 2.44. The van der Waals surface area contributed by atoms with Crippen LogP contribution in [0, 0.1) is 0 Å². The van der Waals surface area contributed by atoms with Gasteiger partial charge in [0.2, 0.25) is 0 Å². The molecule has 0 amide bonds. The molecule has 0 radical (unpaired) electrons. The van der Waals surface area contributed by atoms with E-state index < -0.39 is 0 Å². The zero-order valence-corrected chi connectivity index (χ0v) is 12.4.